The minimum atomic E-state index is -4.84. The summed E-state index contributed by atoms with van der Waals surface area (Å²) >= 11 is 0. The second-order valence-corrected chi connectivity index (χ2v) is 4.66. The fourth-order valence-electron chi connectivity index (χ4n) is 1.76. The molecule has 7 nitrogen and oxygen atoms in total. The zero-order valence-electron chi connectivity index (χ0n) is 12.7. The molecule has 1 heterocycles. The molecule has 0 atom stereocenters. The number of benzene rings is 1. The van der Waals surface area contributed by atoms with E-state index in [2.05, 4.69) is 25.3 Å². The Labute approximate surface area is 140 Å². The Morgan fingerprint density at radius 2 is 1.96 bits per heavy atom. The van der Waals surface area contributed by atoms with E-state index in [0.29, 0.717) is 5.69 Å². The Balaban J connectivity index is 1.96. The summed E-state index contributed by atoms with van der Waals surface area (Å²) in [4.78, 5) is 19.3. The van der Waals surface area contributed by atoms with Crippen molar-refractivity contribution >= 4 is 23.2 Å². The van der Waals surface area contributed by atoms with Gasteiger partial charge in [-0.1, -0.05) is 12.1 Å². The third-order valence-corrected chi connectivity index (χ3v) is 2.71. The van der Waals surface area contributed by atoms with Gasteiger partial charge in [-0.3, -0.25) is 9.78 Å². The number of anilines is 2. The maximum atomic E-state index is 12.4. The van der Waals surface area contributed by atoms with Crippen LogP contribution < -0.4 is 21.1 Å². The molecule has 0 radical (unpaired) electrons. The van der Waals surface area contributed by atoms with Gasteiger partial charge in [0, 0.05) is 6.20 Å². The summed E-state index contributed by atoms with van der Waals surface area (Å²) < 4.78 is 40.9. The highest BCUT2D eigenvalue weighted by molar-refractivity contribution is 5.97. The maximum absolute atomic E-state index is 12.4. The lowest BCUT2D eigenvalue weighted by molar-refractivity contribution is -0.274. The van der Waals surface area contributed by atoms with Crippen LogP contribution in [0.25, 0.3) is 0 Å². The molecule has 1 aromatic carbocycles. The average Bonchev–Trinajstić information content (AvgIpc) is 2.54. The van der Waals surface area contributed by atoms with Crippen LogP contribution in [0.2, 0.25) is 0 Å². The number of nitrogens with two attached hydrogens (primary N) is 1. The topological polar surface area (TPSA) is 102 Å². The van der Waals surface area contributed by atoms with E-state index in [1.54, 1.807) is 18.3 Å². The van der Waals surface area contributed by atoms with Gasteiger partial charge < -0.3 is 21.1 Å². The van der Waals surface area contributed by atoms with Gasteiger partial charge in [0.1, 0.15) is 6.54 Å². The Morgan fingerprint density at radius 3 is 2.64 bits per heavy atom. The van der Waals surface area contributed by atoms with Crippen molar-refractivity contribution < 1.29 is 22.7 Å². The van der Waals surface area contributed by atoms with Crippen LogP contribution in [0.15, 0.2) is 53.8 Å². The highest BCUT2D eigenvalue weighted by Gasteiger charge is 2.32. The molecule has 1 aromatic heterocycles. The number of nitrogens with zero attached hydrogens (tertiary/aromatic N) is 2. The first-order valence-corrected chi connectivity index (χ1v) is 6.95. The van der Waals surface area contributed by atoms with E-state index in [0.717, 1.165) is 6.07 Å². The monoisotopic (exact) mass is 353 g/mol. The van der Waals surface area contributed by atoms with Crippen molar-refractivity contribution in [2.45, 2.75) is 6.36 Å². The number of halogens is 3. The van der Waals surface area contributed by atoms with Gasteiger partial charge in [0.05, 0.1) is 17.6 Å². The van der Waals surface area contributed by atoms with E-state index in [-0.39, 0.29) is 18.2 Å². The third kappa shape index (κ3) is 6.37. The van der Waals surface area contributed by atoms with Crippen LogP contribution in [0.3, 0.4) is 0 Å². The van der Waals surface area contributed by atoms with Crippen molar-refractivity contribution in [2.75, 3.05) is 17.2 Å². The lowest BCUT2D eigenvalue weighted by Crippen LogP contribution is -2.26. The first-order chi connectivity index (χ1) is 11.8. The summed E-state index contributed by atoms with van der Waals surface area (Å²) in [5.74, 6) is -1.16. The van der Waals surface area contributed by atoms with E-state index in [1.807, 2.05) is 0 Å². The molecule has 2 rings (SSSR count). The number of aliphatic imine (C=N–C) groups is 1. The molecule has 2 aromatic rings. The van der Waals surface area contributed by atoms with Gasteiger partial charge in [0.2, 0.25) is 5.91 Å². The number of guanidine groups is 1. The molecule has 0 aliphatic heterocycles. The molecular weight excluding hydrogens is 339 g/mol. The first kappa shape index (κ1) is 18.0. The molecular formula is C15H14F3N5O2. The normalized spacial score (nSPS) is 11.7. The zero-order valence-corrected chi connectivity index (χ0v) is 12.7. The number of rotatable bonds is 5. The van der Waals surface area contributed by atoms with Crippen LogP contribution in [-0.4, -0.2) is 29.8 Å². The molecule has 0 aliphatic rings. The summed E-state index contributed by atoms with van der Waals surface area (Å²) in [6.07, 6.45) is -1.84. The number of carbonyl (C=O) groups is 1. The van der Waals surface area contributed by atoms with Crippen LogP contribution in [0.4, 0.5) is 24.5 Å². The van der Waals surface area contributed by atoms with E-state index >= 15 is 0 Å². The first-order valence-electron chi connectivity index (χ1n) is 6.95. The van der Waals surface area contributed by atoms with Crippen LogP contribution in [0, 0.1) is 0 Å². The van der Waals surface area contributed by atoms with E-state index < -0.39 is 18.0 Å². The standard InChI is InChI=1S/C15H14F3N5O2/c16-15(17,18)25-12-6-2-1-5-11(12)23-14(19)21-9-13(24)22-10-4-3-7-20-8-10/h1-8H,9H2,(H,22,24)(H3,19,21,23). The molecule has 0 aliphatic carbocycles. The number of hydrogen-bond acceptors (Lipinski definition) is 4. The molecule has 132 valence electrons. The summed E-state index contributed by atoms with van der Waals surface area (Å²) in [5.41, 5.74) is 6.04. The minimum Gasteiger partial charge on any atom is -0.404 e. The Bertz CT molecular complexity index is 750. The molecule has 0 saturated carbocycles. The molecule has 10 heteroatoms. The molecule has 1 amide bonds. The Kier molecular flexibility index (Phi) is 5.77. The van der Waals surface area contributed by atoms with E-state index in [9.17, 15) is 18.0 Å². The van der Waals surface area contributed by atoms with Crippen molar-refractivity contribution in [2.24, 2.45) is 10.7 Å². The van der Waals surface area contributed by atoms with Crippen molar-refractivity contribution in [3.63, 3.8) is 0 Å². The molecule has 0 bridgehead atoms. The molecule has 0 spiro atoms. The van der Waals surface area contributed by atoms with Gasteiger partial charge in [-0.2, -0.15) is 0 Å². The fourth-order valence-corrected chi connectivity index (χ4v) is 1.76. The van der Waals surface area contributed by atoms with Crippen molar-refractivity contribution in [3.8, 4) is 5.75 Å². The van der Waals surface area contributed by atoms with Gasteiger partial charge in [0.25, 0.3) is 0 Å². The molecule has 4 N–H and O–H groups in total. The highest BCUT2D eigenvalue weighted by atomic mass is 19.4. The van der Waals surface area contributed by atoms with Crippen LogP contribution in [-0.2, 0) is 4.79 Å². The second-order valence-electron chi connectivity index (χ2n) is 4.66. The summed E-state index contributed by atoms with van der Waals surface area (Å²) in [7, 11) is 0. The summed E-state index contributed by atoms with van der Waals surface area (Å²) in [6.45, 7) is -0.323. The van der Waals surface area contributed by atoms with Crippen LogP contribution in [0.1, 0.15) is 0 Å². The van der Waals surface area contributed by atoms with Gasteiger partial charge >= 0.3 is 6.36 Å². The predicted molar refractivity (Wildman–Crippen MR) is 86.1 cm³/mol. The summed E-state index contributed by atoms with van der Waals surface area (Å²) in [5, 5.41) is 5.00. The highest BCUT2D eigenvalue weighted by Crippen LogP contribution is 2.29. The zero-order chi connectivity index (χ0) is 18.3. The third-order valence-electron chi connectivity index (χ3n) is 2.71. The quantitative estimate of drug-likeness (QED) is 0.566. The van der Waals surface area contributed by atoms with Crippen molar-refractivity contribution in [1.82, 2.24) is 4.98 Å². The number of hydrogen-bond donors (Lipinski definition) is 3. The number of nitrogens with one attached hydrogen (secondary N) is 2. The number of aromatic nitrogens is 1. The van der Waals surface area contributed by atoms with Gasteiger partial charge in [-0.25, -0.2) is 4.99 Å². The number of ether oxygens (including phenoxy) is 1. The van der Waals surface area contributed by atoms with E-state index in [1.165, 1.54) is 24.4 Å². The van der Waals surface area contributed by atoms with Crippen molar-refractivity contribution in [3.05, 3.63) is 48.8 Å². The van der Waals surface area contributed by atoms with Gasteiger partial charge in [-0.05, 0) is 24.3 Å². The lowest BCUT2D eigenvalue weighted by atomic mass is 10.3. The second kappa shape index (κ2) is 7.99. The molecule has 25 heavy (non-hydrogen) atoms. The number of para-hydroxylation sites is 2. The largest absolute Gasteiger partial charge is 0.573 e. The molecule has 0 fully saturated rings. The average molecular weight is 353 g/mol. The Hall–Kier alpha value is -3.30. The van der Waals surface area contributed by atoms with Crippen LogP contribution >= 0.6 is 0 Å². The fraction of sp³-hybridized carbons (Fsp3) is 0.133. The molecule has 0 unspecified atom stereocenters. The van der Waals surface area contributed by atoms with E-state index in [4.69, 9.17) is 5.73 Å². The maximum Gasteiger partial charge on any atom is 0.573 e. The SMILES string of the molecule is NC(=NCC(=O)Nc1cccnc1)Nc1ccccc1OC(F)(F)F. The smallest absolute Gasteiger partial charge is 0.404 e. The summed E-state index contributed by atoms with van der Waals surface area (Å²) in [6, 6.07) is 8.61. The predicted octanol–water partition coefficient (Wildman–Crippen LogP) is 2.35. The lowest BCUT2D eigenvalue weighted by Gasteiger charge is -2.14. The van der Waals surface area contributed by atoms with Crippen LogP contribution in [0.5, 0.6) is 5.75 Å². The number of amides is 1. The van der Waals surface area contributed by atoms with Gasteiger partial charge in [-0.15, -0.1) is 13.2 Å². The van der Waals surface area contributed by atoms with Crippen molar-refractivity contribution in [1.29, 1.82) is 0 Å². The number of pyridine rings is 1. The number of carbonyl (C=O) groups excluding carboxylic acids is 1. The molecule has 0 saturated heterocycles. The Morgan fingerprint density at radius 1 is 1.20 bits per heavy atom. The van der Waals surface area contributed by atoms with Gasteiger partial charge in [0.15, 0.2) is 11.7 Å². The number of alkyl halides is 3. The minimum absolute atomic E-state index is 0.0336.